The summed E-state index contributed by atoms with van der Waals surface area (Å²) in [6.45, 7) is 8.02. The smallest absolute Gasteiger partial charge is 0.0566 e. The second kappa shape index (κ2) is 11.4. The van der Waals surface area contributed by atoms with E-state index in [1.807, 2.05) is 0 Å². The van der Waals surface area contributed by atoms with Gasteiger partial charge in [-0.15, -0.1) is 0 Å². The number of rotatable bonds is 14. The molecule has 0 heterocycles. The number of hydrogen-bond acceptors (Lipinski definition) is 5. The van der Waals surface area contributed by atoms with E-state index >= 15 is 0 Å². The standard InChI is InChI=1S/C16H34O5/c1-7-15(9-17-3,10-18-4)13-21-14-16(8-2,11-19-5)12-20-6/h7-14H2,1-6H3. The van der Waals surface area contributed by atoms with Crippen molar-refractivity contribution in [1.29, 1.82) is 0 Å². The minimum Gasteiger partial charge on any atom is -0.384 e. The Morgan fingerprint density at radius 1 is 0.524 bits per heavy atom. The molecule has 0 atom stereocenters. The van der Waals surface area contributed by atoms with Crippen molar-refractivity contribution in [1.82, 2.24) is 0 Å². The van der Waals surface area contributed by atoms with E-state index in [-0.39, 0.29) is 10.8 Å². The summed E-state index contributed by atoms with van der Waals surface area (Å²) in [4.78, 5) is 0. The first-order valence-corrected chi connectivity index (χ1v) is 7.61. The Labute approximate surface area is 130 Å². The van der Waals surface area contributed by atoms with E-state index in [1.165, 1.54) is 0 Å². The molecule has 0 aliphatic carbocycles. The fourth-order valence-corrected chi connectivity index (χ4v) is 2.57. The first-order valence-electron chi connectivity index (χ1n) is 7.61. The van der Waals surface area contributed by atoms with E-state index in [0.29, 0.717) is 39.6 Å². The Hall–Kier alpha value is -0.200. The Bertz CT molecular complexity index is 209. The topological polar surface area (TPSA) is 46.2 Å². The molecule has 0 aromatic heterocycles. The summed E-state index contributed by atoms with van der Waals surface area (Å²) in [6.07, 6.45) is 1.89. The van der Waals surface area contributed by atoms with Crippen molar-refractivity contribution in [3.8, 4) is 0 Å². The predicted molar refractivity (Wildman–Crippen MR) is 83.8 cm³/mol. The van der Waals surface area contributed by atoms with Crippen LogP contribution in [-0.2, 0) is 23.7 Å². The highest BCUT2D eigenvalue weighted by atomic mass is 16.5. The Morgan fingerprint density at radius 2 is 0.810 bits per heavy atom. The van der Waals surface area contributed by atoms with Gasteiger partial charge in [-0.25, -0.2) is 0 Å². The van der Waals surface area contributed by atoms with Gasteiger partial charge in [0.05, 0.1) is 39.6 Å². The number of methoxy groups -OCH3 is 4. The minimum atomic E-state index is -0.0941. The molecule has 0 saturated carbocycles. The SMILES string of the molecule is CCC(COC)(COC)COCC(CC)(COC)COC. The molecule has 0 rings (SSSR count). The maximum Gasteiger partial charge on any atom is 0.0566 e. The molecule has 0 N–H and O–H groups in total. The molecule has 0 saturated heterocycles. The minimum absolute atomic E-state index is 0.0941. The molecule has 21 heavy (non-hydrogen) atoms. The molecule has 0 aromatic carbocycles. The van der Waals surface area contributed by atoms with Gasteiger partial charge in [-0.1, -0.05) is 13.8 Å². The van der Waals surface area contributed by atoms with Crippen molar-refractivity contribution < 1.29 is 23.7 Å². The maximum absolute atomic E-state index is 6.04. The van der Waals surface area contributed by atoms with Crippen molar-refractivity contribution >= 4 is 0 Å². The van der Waals surface area contributed by atoms with Gasteiger partial charge in [0, 0.05) is 39.3 Å². The lowest BCUT2D eigenvalue weighted by atomic mass is 9.86. The number of hydrogen-bond donors (Lipinski definition) is 0. The van der Waals surface area contributed by atoms with E-state index in [9.17, 15) is 0 Å². The van der Waals surface area contributed by atoms with Gasteiger partial charge in [-0.2, -0.15) is 0 Å². The molecule has 0 radical (unpaired) electrons. The van der Waals surface area contributed by atoms with Gasteiger partial charge in [-0.05, 0) is 12.8 Å². The van der Waals surface area contributed by atoms with Crippen LogP contribution in [0.15, 0.2) is 0 Å². The fourth-order valence-electron chi connectivity index (χ4n) is 2.57. The normalized spacial score (nSPS) is 12.9. The Morgan fingerprint density at radius 3 is 1.00 bits per heavy atom. The summed E-state index contributed by atoms with van der Waals surface area (Å²) in [5.41, 5.74) is -0.188. The molecule has 0 spiro atoms. The molecular weight excluding hydrogens is 272 g/mol. The third-order valence-corrected chi connectivity index (χ3v) is 4.12. The second-order valence-corrected chi connectivity index (χ2v) is 5.93. The van der Waals surface area contributed by atoms with Gasteiger partial charge in [0.25, 0.3) is 0 Å². The van der Waals surface area contributed by atoms with Crippen LogP contribution in [0.4, 0.5) is 0 Å². The van der Waals surface area contributed by atoms with Crippen LogP contribution in [0.1, 0.15) is 26.7 Å². The highest BCUT2D eigenvalue weighted by Gasteiger charge is 2.33. The summed E-state index contributed by atoms with van der Waals surface area (Å²) in [6, 6.07) is 0. The van der Waals surface area contributed by atoms with E-state index in [4.69, 9.17) is 23.7 Å². The van der Waals surface area contributed by atoms with E-state index in [1.54, 1.807) is 28.4 Å². The van der Waals surface area contributed by atoms with Crippen molar-refractivity contribution in [2.24, 2.45) is 10.8 Å². The zero-order chi connectivity index (χ0) is 16.2. The second-order valence-electron chi connectivity index (χ2n) is 5.93. The molecule has 0 unspecified atom stereocenters. The molecule has 0 aromatic rings. The van der Waals surface area contributed by atoms with Gasteiger partial charge in [0.1, 0.15) is 0 Å². The van der Waals surface area contributed by atoms with E-state index in [2.05, 4.69) is 13.8 Å². The first kappa shape index (κ1) is 20.8. The summed E-state index contributed by atoms with van der Waals surface area (Å²) in [5, 5.41) is 0. The summed E-state index contributed by atoms with van der Waals surface area (Å²) >= 11 is 0. The molecule has 0 amide bonds. The third-order valence-electron chi connectivity index (χ3n) is 4.12. The van der Waals surface area contributed by atoms with Crippen LogP contribution < -0.4 is 0 Å². The summed E-state index contributed by atoms with van der Waals surface area (Å²) < 4.78 is 27.4. The van der Waals surface area contributed by atoms with Crippen molar-refractivity contribution in [2.45, 2.75) is 26.7 Å². The largest absolute Gasteiger partial charge is 0.384 e. The van der Waals surface area contributed by atoms with Crippen molar-refractivity contribution in [3.05, 3.63) is 0 Å². The van der Waals surface area contributed by atoms with Crippen molar-refractivity contribution in [3.63, 3.8) is 0 Å². The average molecular weight is 306 g/mol. The summed E-state index contributed by atoms with van der Waals surface area (Å²) in [5.74, 6) is 0. The highest BCUT2D eigenvalue weighted by molar-refractivity contribution is 4.81. The van der Waals surface area contributed by atoms with Crippen LogP contribution >= 0.6 is 0 Å². The van der Waals surface area contributed by atoms with Gasteiger partial charge in [-0.3, -0.25) is 0 Å². The Balaban J connectivity index is 4.62. The summed E-state index contributed by atoms with van der Waals surface area (Å²) in [7, 11) is 6.86. The zero-order valence-corrected chi connectivity index (χ0v) is 14.7. The van der Waals surface area contributed by atoms with E-state index in [0.717, 1.165) is 12.8 Å². The third kappa shape index (κ3) is 7.06. The lowest BCUT2D eigenvalue weighted by molar-refractivity contribution is -0.0958. The molecule has 5 heteroatoms. The zero-order valence-electron chi connectivity index (χ0n) is 14.7. The average Bonchev–Trinajstić information content (AvgIpc) is 2.48. The van der Waals surface area contributed by atoms with Crippen LogP contribution in [0.2, 0.25) is 0 Å². The quantitative estimate of drug-likeness (QED) is 0.493. The molecular formula is C16H34O5. The lowest BCUT2D eigenvalue weighted by Crippen LogP contribution is -2.40. The van der Waals surface area contributed by atoms with E-state index < -0.39 is 0 Å². The molecule has 5 nitrogen and oxygen atoms in total. The number of ether oxygens (including phenoxy) is 5. The Kier molecular flexibility index (Phi) is 11.3. The lowest BCUT2D eigenvalue weighted by Gasteiger charge is -2.35. The molecule has 128 valence electrons. The molecule has 0 aliphatic heterocycles. The van der Waals surface area contributed by atoms with Gasteiger partial charge < -0.3 is 23.7 Å². The first-order chi connectivity index (χ1) is 10.1. The van der Waals surface area contributed by atoms with Gasteiger partial charge in [0.15, 0.2) is 0 Å². The monoisotopic (exact) mass is 306 g/mol. The van der Waals surface area contributed by atoms with Crippen LogP contribution in [0.5, 0.6) is 0 Å². The van der Waals surface area contributed by atoms with Gasteiger partial charge in [0.2, 0.25) is 0 Å². The molecule has 0 fully saturated rings. The van der Waals surface area contributed by atoms with Crippen LogP contribution in [0.3, 0.4) is 0 Å². The van der Waals surface area contributed by atoms with Crippen LogP contribution in [0, 0.1) is 10.8 Å². The maximum atomic E-state index is 6.04. The molecule has 0 bridgehead atoms. The predicted octanol–water partition coefficient (Wildman–Crippen LogP) is 2.38. The van der Waals surface area contributed by atoms with Crippen LogP contribution in [-0.4, -0.2) is 68.1 Å². The molecule has 0 aliphatic rings. The van der Waals surface area contributed by atoms with Crippen LogP contribution in [0.25, 0.3) is 0 Å². The van der Waals surface area contributed by atoms with Crippen molar-refractivity contribution in [2.75, 3.05) is 68.1 Å². The fraction of sp³-hybridized carbons (Fsp3) is 1.00. The highest BCUT2D eigenvalue weighted by Crippen LogP contribution is 2.27. The van der Waals surface area contributed by atoms with Gasteiger partial charge >= 0.3 is 0 Å².